The van der Waals surface area contributed by atoms with Crippen LogP contribution in [0.4, 0.5) is 0 Å². The number of hydrogen-bond acceptors (Lipinski definition) is 4. The zero-order valence-electron chi connectivity index (χ0n) is 11.4. The van der Waals surface area contributed by atoms with Crippen LogP contribution in [0.2, 0.25) is 0 Å². The molecule has 0 spiro atoms. The van der Waals surface area contributed by atoms with E-state index in [4.69, 9.17) is 9.84 Å². The van der Waals surface area contributed by atoms with Crippen molar-refractivity contribution in [3.63, 3.8) is 0 Å². The highest BCUT2D eigenvalue weighted by atomic mass is 16.5. The summed E-state index contributed by atoms with van der Waals surface area (Å²) in [7, 11) is 1.53. The molecule has 0 saturated carbocycles. The molecule has 6 nitrogen and oxygen atoms in total. The van der Waals surface area contributed by atoms with Crippen molar-refractivity contribution in [3.8, 4) is 5.75 Å². The van der Waals surface area contributed by atoms with Crippen molar-refractivity contribution in [1.82, 2.24) is 5.32 Å². The minimum atomic E-state index is -1.11. The largest absolute Gasteiger partial charge is 0.497 e. The van der Waals surface area contributed by atoms with Crippen molar-refractivity contribution in [2.75, 3.05) is 7.11 Å². The van der Waals surface area contributed by atoms with Crippen molar-refractivity contribution in [1.29, 1.82) is 0 Å². The molecule has 1 aromatic carbocycles. The third kappa shape index (κ3) is 4.72. The van der Waals surface area contributed by atoms with Crippen LogP contribution in [0.5, 0.6) is 5.75 Å². The lowest BCUT2D eigenvalue weighted by atomic mass is 10.1. The second kappa shape index (κ2) is 7.28. The molecule has 1 atom stereocenters. The van der Waals surface area contributed by atoms with E-state index in [-0.39, 0.29) is 18.6 Å². The van der Waals surface area contributed by atoms with Gasteiger partial charge in [0.2, 0.25) is 5.91 Å². The van der Waals surface area contributed by atoms with Crippen molar-refractivity contribution in [2.24, 2.45) is 0 Å². The second-order valence-electron chi connectivity index (χ2n) is 4.28. The molecule has 2 N–H and O–H groups in total. The SMILES string of the molecule is COc1ccc(C(=O)CCC(=O)NC(C)C(=O)O)cc1. The second-order valence-corrected chi connectivity index (χ2v) is 4.28. The number of benzene rings is 1. The molecule has 108 valence electrons. The Bertz CT molecular complexity index is 495. The summed E-state index contributed by atoms with van der Waals surface area (Å²) in [4.78, 5) is 33.8. The van der Waals surface area contributed by atoms with Gasteiger partial charge in [-0.05, 0) is 31.2 Å². The molecule has 0 aromatic heterocycles. The smallest absolute Gasteiger partial charge is 0.325 e. The molecule has 0 aliphatic rings. The van der Waals surface area contributed by atoms with Gasteiger partial charge >= 0.3 is 5.97 Å². The van der Waals surface area contributed by atoms with E-state index in [1.165, 1.54) is 14.0 Å². The summed E-state index contributed by atoms with van der Waals surface area (Å²) in [5, 5.41) is 10.9. The number of carboxylic acid groups (broad SMARTS) is 1. The summed E-state index contributed by atoms with van der Waals surface area (Å²) in [5.41, 5.74) is 0.491. The van der Waals surface area contributed by atoms with Gasteiger partial charge in [0.1, 0.15) is 11.8 Å². The predicted octanol–water partition coefficient (Wildman–Crippen LogP) is 1.25. The third-order valence-corrected chi connectivity index (χ3v) is 2.74. The summed E-state index contributed by atoms with van der Waals surface area (Å²) < 4.78 is 4.98. The number of rotatable bonds is 7. The summed E-state index contributed by atoms with van der Waals surface area (Å²) in [6, 6.07) is 5.62. The molecule has 0 bridgehead atoms. The molecule has 0 aliphatic carbocycles. The lowest BCUT2D eigenvalue weighted by molar-refractivity contribution is -0.141. The van der Waals surface area contributed by atoms with E-state index >= 15 is 0 Å². The van der Waals surface area contributed by atoms with E-state index < -0.39 is 17.9 Å². The Labute approximate surface area is 116 Å². The summed E-state index contributed by atoms with van der Waals surface area (Å²) in [5.74, 6) is -1.10. The number of methoxy groups -OCH3 is 1. The lowest BCUT2D eigenvalue weighted by Gasteiger charge is -2.08. The van der Waals surface area contributed by atoms with Crippen LogP contribution in [0.25, 0.3) is 0 Å². The standard InChI is InChI=1S/C14H17NO5/c1-9(14(18)19)15-13(17)8-7-12(16)10-3-5-11(20-2)6-4-10/h3-6,9H,7-8H2,1-2H3,(H,15,17)(H,18,19). The van der Waals surface area contributed by atoms with E-state index in [0.29, 0.717) is 11.3 Å². The molecular formula is C14H17NO5. The van der Waals surface area contributed by atoms with Crippen LogP contribution in [0.3, 0.4) is 0 Å². The monoisotopic (exact) mass is 279 g/mol. The molecule has 0 fully saturated rings. The van der Waals surface area contributed by atoms with E-state index in [1.54, 1.807) is 24.3 Å². The molecule has 20 heavy (non-hydrogen) atoms. The molecule has 1 amide bonds. The van der Waals surface area contributed by atoms with Crippen LogP contribution < -0.4 is 10.1 Å². The first kappa shape index (κ1) is 15.7. The maximum absolute atomic E-state index is 11.8. The molecule has 1 rings (SSSR count). The van der Waals surface area contributed by atoms with Gasteiger partial charge in [-0.25, -0.2) is 0 Å². The Morgan fingerprint density at radius 1 is 1.20 bits per heavy atom. The fourth-order valence-corrected chi connectivity index (χ4v) is 1.52. The first-order valence-corrected chi connectivity index (χ1v) is 6.13. The molecule has 1 aromatic rings. The minimum Gasteiger partial charge on any atom is -0.497 e. The highest BCUT2D eigenvalue weighted by Gasteiger charge is 2.15. The zero-order valence-corrected chi connectivity index (χ0v) is 11.4. The number of amides is 1. The molecule has 6 heteroatoms. The number of carboxylic acids is 1. The van der Waals surface area contributed by atoms with Gasteiger partial charge < -0.3 is 15.2 Å². The van der Waals surface area contributed by atoms with Crippen LogP contribution in [0.15, 0.2) is 24.3 Å². The van der Waals surface area contributed by atoms with Gasteiger partial charge in [-0.1, -0.05) is 0 Å². The molecule has 0 heterocycles. The first-order chi connectivity index (χ1) is 9.43. The van der Waals surface area contributed by atoms with Crippen LogP contribution in [-0.4, -0.2) is 35.9 Å². The maximum atomic E-state index is 11.8. The molecule has 0 aliphatic heterocycles. The molecular weight excluding hydrogens is 262 g/mol. The van der Waals surface area contributed by atoms with Gasteiger partial charge in [-0.3, -0.25) is 14.4 Å². The Morgan fingerprint density at radius 2 is 1.80 bits per heavy atom. The topological polar surface area (TPSA) is 92.7 Å². The number of hydrogen-bond donors (Lipinski definition) is 2. The van der Waals surface area contributed by atoms with E-state index in [0.717, 1.165) is 0 Å². The van der Waals surface area contributed by atoms with Gasteiger partial charge in [0.05, 0.1) is 7.11 Å². The minimum absolute atomic E-state index is 0.0322. The van der Waals surface area contributed by atoms with Gasteiger partial charge in [0, 0.05) is 18.4 Å². The number of ketones is 1. The number of ether oxygens (including phenoxy) is 1. The Morgan fingerprint density at radius 3 is 2.30 bits per heavy atom. The fourth-order valence-electron chi connectivity index (χ4n) is 1.52. The number of carbonyl (C=O) groups excluding carboxylic acids is 2. The molecule has 0 saturated heterocycles. The average Bonchev–Trinajstić information content (AvgIpc) is 2.44. The van der Waals surface area contributed by atoms with Crippen LogP contribution in [-0.2, 0) is 9.59 Å². The van der Waals surface area contributed by atoms with E-state index in [9.17, 15) is 14.4 Å². The quantitative estimate of drug-likeness (QED) is 0.733. The fraction of sp³-hybridized carbons (Fsp3) is 0.357. The summed E-state index contributed by atoms with van der Waals surface area (Å²) in [6.07, 6.45) is -0.00696. The number of carbonyl (C=O) groups is 3. The van der Waals surface area contributed by atoms with Crippen LogP contribution in [0.1, 0.15) is 30.1 Å². The summed E-state index contributed by atoms with van der Waals surface area (Å²) >= 11 is 0. The predicted molar refractivity (Wildman–Crippen MR) is 71.8 cm³/mol. The third-order valence-electron chi connectivity index (χ3n) is 2.74. The number of nitrogens with one attached hydrogen (secondary N) is 1. The Balaban J connectivity index is 2.46. The average molecular weight is 279 g/mol. The van der Waals surface area contributed by atoms with Crippen molar-refractivity contribution < 1.29 is 24.2 Å². The van der Waals surface area contributed by atoms with Crippen molar-refractivity contribution >= 4 is 17.7 Å². The Kier molecular flexibility index (Phi) is 5.71. The van der Waals surface area contributed by atoms with Crippen molar-refractivity contribution in [2.45, 2.75) is 25.8 Å². The molecule has 0 radical (unpaired) electrons. The first-order valence-electron chi connectivity index (χ1n) is 6.13. The van der Waals surface area contributed by atoms with E-state index in [1.807, 2.05) is 0 Å². The number of Topliss-reactive ketones (excluding diaryl/α,β-unsaturated/α-hetero) is 1. The maximum Gasteiger partial charge on any atom is 0.325 e. The highest BCUT2D eigenvalue weighted by Crippen LogP contribution is 2.13. The van der Waals surface area contributed by atoms with Gasteiger partial charge in [0.15, 0.2) is 5.78 Å². The highest BCUT2D eigenvalue weighted by molar-refractivity contribution is 5.98. The van der Waals surface area contributed by atoms with Gasteiger partial charge in [-0.15, -0.1) is 0 Å². The normalized spacial score (nSPS) is 11.5. The Hall–Kier alpha value is -2.37. The zero-order chi connectivity index (χ0) is 15.1. The summed E-state index contributed by atoms with van der Waals surface area (Å²) in [6.45, 7) is 1.37. The number of aliphatic carboxylic acids is 1. The van der Waals surface area contributed by atoms with Crippen LogP contribution in [0, 0.1) is 0 Å². The lowest BCUT2D eigenvalue weighted by Crippen LogP contribution is -2.38. The van der Waals surface area contributed by atoms with Gasteiger partial charge in [0.25, 0.3) is 0 Å². The molecule has 1 unspecified atom stereocenters. The van der Waals surface area contributed by atoms with E-state index in [2.05, 4.69) is 5.32 Å². The van der Waals surface area contributed by atoms with Crippen LogP contribution >= 0.6 is 0 Å². The van der Waals surface area contributed by atoms with Gasteiger partial charge in [-0.2, -0.15) is 0 Å². The van der Waals surface area contributed by atoms with Crippen molar-refractivity contribution in [3.05, 3.63) is 29.8 Å².